The van der Waals surface area contributed by atoms with Gasteiger partial charge in [0.1, 0.15) is 6.61 Å². The Hall–Kier alpha value is -1.23. The number of carbonyl (C=O) groups excluding carboxylic acids is 2. The first-order chi connectivity index (χ1) is 7.19. The van der Waals surface area contributed by atoms with Gasteiger partial charge in [-0.25, -0.2) is 4.79 Å². The van der Waals surface area contributed by atoms with Crippen molar-refractivity contribution in [3.8, 4) is 0 Å². The number of carbonyl (C=O) groups is 2. The number of thioether (sulfide) groups is 1. The maximum absolute atomic E-state index is 11.3. The van der Waals surface area contributed by atoms with E-state index in [2.05, 4.69) is 6.58 Å². The van der Waals surface area contributed by atoms with Crippen LogP contribution in [-0.2, 0) is 14.3 Å². The van der Waals surface area contributed by atoms with Crippen LogP contribution < -0.4 is 0 Å². The number of esters is 1. The monoisotopic (exact) mass is 227 g/mol. The van der Waals surface area contributed by atoms with Gasteiger partial charge in [-0.1, -0.05) is 24.4 Å². The Balaban J connectivity index is 2.62. The fraction of sp³-hybridized carbons (Fsp3) is 0.400. The number of nitrogens with zero attached hydrogens (tertiary/aromatic N) is 1. The van der Waals surface area contributed by atoms with E-state index in [1.54, 1.807) is 4.90 Å². The molecule has 15 heavy (non-hydrogen) atoms. The first-order valence-corrected chi connectivity index (χ1v) is 5.60. The summed E-state index contributed by atoms with van der Waals surface area (Å²) in [5, 5.41) is 0.663. The van der Waals surface area contributed by atoms with Crippen molar-refractivity contribution in [2.75, 3.05) is 18.9 Å². The molecule has 82 valence electrons. The normalized spacial score (nSPS) is 18.3. The molecule has 1 saturated heterocycles. The van der Waals surface area contributed by atoms with Gasteiger partial charge in [0, 0.05) is 6.54 Å². The first-order valence-electron chi connectivity index (χ1n) is 4.61. The van der Waals surface area contributed by atoms with Crippen LogP contribution in [0, 0.1) is 0 Å². The van der Waals surface area contributed by atoms with Crippen LogP contribution >= 0.6 is 11.8 Å². The summed E-state index contributed by atoms with van der Waals surface area (Å²) in [6.45, 7) is 6.07. The van der Waals surface area contributed by atoms with Gasteiger partial charge in [0.15, 0.2) is 0 Å². The molecule has 0 aromatic carbocycles. The van der Waals surface area contributed by atoms with Crippen molar-refractivity contribution in [1.82, 2.24) is 4.90 Å². The third-order valence-electron chi connectivity index (χ3n) is 1.81. The minimum Gasteiger partial charge on any atom is -0.458 e. The Kier molecular flexibility index (Phi) is 4.42. The highest BCUT2D eigenvalue weighted by Gasteiger charge is 2.25. The average molecular weight is 227 g/mol. The molecule has 0 saturated carbocycles. The summed E-state index contributed by atoms with van der Waals surface area (Å²) in [5.41, 5.74) is 0. The molecular weight excluding hydrogens is 214 g/mol. The van der Waals surface area contributed by atoms with E-state index < -0.39 is 5.97 Å². The van der Waals surface area contributed by atoms with Crippen molar-refractivity contribution in [3.63, 3.8) is 0 Å². The van der Waals surface area contributed by atoms with Crippen LogP contribution in [-0.4, -0.2) is 35.7 Å². The number of rotatable bonds is 4. The summed E-state index contributed by atoms with van der Waals surface area (Å²) in [4.78, 5) is 24.1. The molecule has 1 aliphatic heterocycles. The summed E-state index contributed by atoms with van der Waals surface area (Å²) in [6, 6.07) is 0. The number of hydrogen-bond acceptors (Lipinski definition) is 4. The predicted molar refractivity (Wildman–Crippen MR) is 59.1 cm³/mol. The molecule has 1 aliphatic rings. The topological polar surface area (TPSA) is 46.6 Å². The molecule has 0 bridgehead atoms. The van der Waals surface area contributed by atoms with Gasteiger partial charge >= 0.3 is 5.97 Å². The Labute approximate surface area is 93.0 Å². The Morgan fingerprint density at radius 2 is 2.47 bits per heavy atom. The van der Waals surface area contributed by atoms with E-state index in [0.29, 0.717) is 17.3 Å². The van der Waals surface area contributed by atoms with Gasteiger partial charge in [-0.3, -0.25) is 4.79 Å². The third-order valence-corrected chi connectivity index (χ3v) is 2.84. The molecule has 5 heteroatoms. The average Bonchev–Trinajstić information content (AvgIpc) is 2.56. The van der Waals surface area contributed by atoms with E-state index in [-0.39, 0.29) is 12.5 Å². The highest BCUT2D eigenvalue weighted by molar-refractivity contribution is 8.04. The van der Waals surface area contributed by atoms with Gasteiger partial charge < -0.3 is 9.64 Å². The van der Waals surface area contributed by atoms with Crippen LogP contribution in [0.1, 0.15) is 6.92 Å². The fourth-order valence-electron chi connectivity index (χ4n) is 1.15. The summed E-state index contributed by atoms with van der Waals surface area (Å²) in [6.07, 6.45) is 2.85. The van der Waals surface area contributed by atoms with E-state index in [9.17, 15) is 9.59 Å². The van der Waals surface area contributed by atoms with Crippen molar-refractivity contribution >= 4 is 23.6 Å². The van der Waals surface area contributed by atoms with Crippen molar-refractivity contribution < 1.29 is 14.3 Å². The number of ether oxygens (including phenoxy) is 1. The molecule has 1 heterocycles. The molecular formula is C10H13NO3S. The van der Waals surface area contributed by atoms with Crippen LogP contribution in [0.15, 0.2) is 23.8 Å². The maximum Gasteiger partial charge on any atom is 0.333 e. The molecule has 0 aromatic heterocycles. The van der Waals surface area contributed by atoms with Gasteiger partial charge in [-0.15, -0.1) is 0 Å². The Bertz CT molecular complexity index is 312. The van der Waals surface area contributed by atoms with Crippen LogP contribution in [0.4, 0.5) is 0 Å². The van der Waals surface area contributed by atoms with E-state index in [1.807, 2.05) is 6.92 Å². The van der Waals surface area contributed by atoms with Gasteiger partial charge in [0.05, 0.1) is 16.9 Å². The van der Waals surface area contributed by atoms with Crippen molar-refractivity contribution in [2.45, 2.75) is 6.92 Å². The SMILES string of the molecule is C=CCOC(=O)/C=C1\SCC(=O)N1CC. The molecule has 0 aliphatic carbocycles. The summed E-state index contributed by atoms with van der Waals surface area (Å²) < 4.78 is 4.80. The standard InChI is InChI=1S/C10H13NO3S/c1-3-5-14-10(13)6-9-11(4-2)8(12)7-15-9/h3,6H,1,4-5,7H2,2H3/b9-6-. The molecule has 0 unspecified atom stereocenters. The quantitative estimate of drug-likeness (QED) is 0.410. The van der Waals surface area contributed by atoms with Crippen molar-refractivity contribution in [2.24, 2.45) is 0 Å². The van der Waals surface area contributed by atoms with Gasteiger partial charge in [0.25, 0.3) is 0 Å². The van der Waals surface area contributed by atoms with Gasteiger partial charge in [-0.2, -0.15) is 0 Å². The van der Waals surface area contributed by atoms with Crippen LogP contribution in [0.2, 0.25) is 0 Å². The second-order valence-corrected chi connectivity index (χ2v) is 3.82. The molecule has 1 rings (SSSR count). The number of amides is 1. The van der Waals surface area contributed by atoms with Gasteiger partial charge in [-0.05, 0) is 6.92 Å². The summed E-state index contributed by atoms with van der Waals surface area (Å²) in [5.74, 6) is -0.00941. The lowest BCUT2D eigenvalue weighted by Crippen LogP contribution is -2.24. The van der Waals surface area contributed by atoms with Gasteiger partial charge in [0.2, 0.25) is 5.91 Å². The molecule has 0 aromatic rings. The molecule has 0 atom stereocenters. The smallest absolute Gasteiger partial charge is 0.333 e. The third kappa shape index (κ3) is 3.13. The van der Waals surface area contributed by atoms with Crippen molar-refractivity contribution in [3.05, 3.63) is 23.8 Å². The van der Waals surface area contributed by atoms with E-state index in [4.69, 9.17) is 4.74 Å². The summed E-state index contributed by atoms with van der Waals surface area (Å²) in [7, 11) is 0. The van der Waals surface area contributed by atoms with Crippen LogP contribution in [0.5, 0.6) is 0 Å². The van der Waals surface area contributed by atoms with E-state index in [0.717, 1.165) is 0 Å². The molecule has 1 fully saturated rings. The zero-order chi connectivity index (χ0) is 11.3. The lowest BCUT2D eigenvalue weighted by atomic mass is 10.5. The largest absolute Gasteiger partial charge is 0.458 e. The second-order valence-electron chi connectivity index (χ2n) is 2.83. The van der Waals surface area contributed by atoms with Crippen LogP contribution in [0.3, 0.4) is 0 Å². The minimum atomic E-state index is -0.439. The van der Waals surface area contributed by atoms with Crippen molar-refractivity contribution in [1.29, 1.82) is 0 Å². The Morgan fingerprint density at radius 3 is 3.07 bits per heavy atom. The zero-order valence-corrected chi connectivity index (χ0v) is 9.38. The number of hydrogen-bond donors (Lipinski definition) is 0. The Morgan fingerprint density at radius 1 is 1.73 bits per heavy atom. The molecule has 4 nitrogen and oxygen atoms in total. The van der Waals surface area contributed by atoms with E-state index >= 15 is 0 Å². The first kappa shape index (κ1) is 11.8. The van der Waals surface area contributed by atoms with Crippen LogP contribution in [0.25, 0.3) is 0 Å². The molecule has 0 radical (unpaired) electrons. The fourth-order valence-corrected chi connectivity index (χ4v) is 2.14. The second kappa shape index (κ2) is 5.60. The molecule has 0 N–H and O–H groups in total. The lowest BCUT2D eigenvalue weighted by molar-refractivity contribution is -0.136. The predicted octanol–water partition coefficient (Wildman–Crippen LogP) is 1.15. The zero-order valence-electron chi connectivity index (χ0n) is 8.56. The highest BCUT2D eigenvalue weighted by Crippen LogP contribution is 2.28. The maximum atomic E-state index is 11.3. The highest BCUT2D eigenvalue weighted by atomic mass is 32.2. The minimum absolute atomic E-state index is 0.0327. The lowest BCUT2D eigenvalue weighted by Gasteiger charge is -2.13. The molecule has 0 spiro atoms. The summed E-state index contributed by atoms with van der Waals surface area (Å²) >= 11 is 1.36. The van der Waals surface area contributed by atoms with E-state index in [1.165, 1.54) is 23.9 Å². The molecule has 1 amide bonds.